The van der Waals surface area contributed by atoms with Gasteiger partial charge in [-0.25, -0.2) is 0 Å². The van der Waals surface area contributed by atoms with Crippen LogP contribution in [-0.2, 0) is 32.1 Å². The van der Waals surface area contributed by atoms with Gasteiger partial charge in [0.25, 0.3) is 0 Å². The van der Waals surface area contributed by atoms with Crippen molar-refractivity contribution in [3.63, 3.8) is 0 Å². The Bertz CT molecular complexity index is 1880. The molecule has 2 aliphatic carbocycles. The third-order valence-electron chi connectivity index (χ3n) is 9.58. The predicted octanol–water partition coefficient (Wildman–Crippen LogP) is 7.32. The molecule has 0 amide bonds. The summed E-state index contributed by atoms with van der Waals surface area (Å²) in [7, 11) is 0. The van der Waals surface area contributed by atoms with Gasteiger partial charge in [-0.1, -0.05) is 0 Å². The Balaban J connectivity index is 0.00000260. The molecule has 0 saturated heterocycles. The maximum atomic E-state index is 6.90. The van der Waals surface area contributed by atoms with Gasteiger partial charge in [-0.2, -0.15) is 0 Å². The first-order valence-corrected chi connectivity index (χ1v) is 21.3. The molecule has 0 N–H and O–H groups in total. The van der Waals surface area contributed by atoms with Crippen LogP contribution in [0.15, 0.2) is 82.2 Å². The van der Waals surface area contributed by atoms with Crippen molar-refractivity contribution in [1.29, 1.82) is 0 Å². The molecule has 4 aromatic rings. The van der Waals surface area contributed by atoms with Gasteiger partial charge in [0.2, 0.25) is 0 Å². The summed E-state index contributed by atoms with van der Waals surface area (Å²) in [6.45, 7) is 18.0. The number of rotatable bonds is 4. The largest absolute Gasteiger partial charge is 1.00 e. The van der Waals surface area contributed by atoms with Crippen molar-refractivity contribution in [2.75, 3.05) is 0 Å². The number of halogens is 6. The van der Waals surface area contributed by atoms with E-state index in [4.69, 9.17) is 46.4 Å². The third kappa shape index (κ3) is 7.42. The zero-order valence-corrected chi connectivity index (χ0v) is 35.6. The molecule has 0 fully saturated rings. The maximum Gasteiger partial charge on any atom is -1.00 e. The molecule has 7 heteroatoms. The molecule has 0 bridgehead atoms. The molecule has 0 saturated carbocycles. The van der Waals surface area contributed by atoms with Crippen molar-refractivity contribution in [3.8, 4) is 11.1 Å². The average molecular weight is 837 g/mol. The minimum absolute atomic E-state index is 0. The van der Waals surface area contributed by atoms with Crippen LogP contribution in [0, 0.1) is 13.8 Å². The summed E-state index contributed by atoms with van der Waals surface area (Å²) in [6.07, 6.45) is 7.85. The fourth-order valence-corrected chi connectivity index (χ4v) is 17.3. The molecular weight excluding hydrogens is 796 g/mol. The molecule has 0 unspecified atom stereocenters. The molecule has 48 heavy (non-hydrogen) atoms. The zero-order valence-electron chi connectivity index (χ0n) is 28.6. The SMILES string of the molecule is Cc1c(Cl)cc(Cl)cc1[C](c1cc(Cl)cc(Cl)c1C)=[Zr+2]([C]1=CC=CC1)[CH]1c2ccc(C(C)(C)C)cc2-c2cc(C(C)(C)C)ccc21.[Cl-].[Cl-]. The van der Waals surface area contributed by atoms with E-state index in [1.54, 1.807) is 0 Å². The Morgan fingerprint density at radius 3 is 1.46 bits per heavy atom. The predicted molar refractivity (Wildman–Crippen MR) is 199 cm³/mol. The molecule has 6 rings (SSSR count). The van der Waals surface area contributed by atoms with Crippen molar-refractivity contribution >= 4 is 49.6 Å². The van der Waals surface area contributed by atoms with Gasteiger partial charge in [0.15, 0.2) is 0 Å². The molecule has 2 aliphatic rings. The van der Waals surface area contributed by atoms with E-state index in [-0.39, 0.29) is 39.3 Å². The van der Waals surface area contributed by atoms with Crippen LogP contribution in [0.4, 0.5) is 0 Å². The van der Waals surface area contributed by atoms with Crippen molar-refractivity contribution in [1.82, 2.24) is 0 Å². The topological polar surface area (TPSA) is 0 Å². The number of allylic oxidation sites excluding steroid dienone is 4. The average Bonchev–Trinajstić information content (AvgIpc) is 3.61. The second kappa shape index (κ2) is 14.8. The van der Waals surface area contributed by atoms with Gasteiger partial charge in [-0.15, -0.1) is 0 Å². The summed E-state index contributed by atoms with van der Waals surface area (Å²) in [5.41, 5.74) is 12.6. The molecule has 250 valence electrons. The molecule has 0 spiro atoms. The monoisotopic (exact) mass is 832 g/mol. The first kappa shape index (κ1) is 39.6. The summed E-state index contributed by atoms with van der Waals surface area (Å²) in [5, 5.41) is 2.60. The summed E-state index contributed by atoms with van der Waals surface area (Å²) >= 11 is 24.4. The standard InChI is InChI=1S/C21H25.C15H10Cl4.C5H5.2ClH.Zr/c1-20(2,3)16-9-7-14-11-15-8-10-17(21(4,5)6)13-19(15)18(14)12-16;1-8-10(4-12(16)6-14(8)18)3-11-5-13(17)7-15(19)9(11)2;1-2-4-5-3-1;;;/h7-13H,1-6H3;4-7H,1-2H3;1-3H,4H2;2*1H;/q;;;;;+2/p-2. The van der Waals surface area contributed by atoms with E-state index in [1.165, 1.54) is 39.9 Å². The smallest absolute Gasteiger partial charge is 1.00 e. The van der Waals surface area contributed by atoms with Crippen LogP contribution < -0.4 is 24.8 Å². The van der Waals surface area contributed by atoms with E-state index in [2.05, 4.69) is 122 Å². The van der Waals surface area contributed by atoms with E-state index in [0.29, 0.717) is 20.1 Å². The van der Waals surface area contributed by atoms with Gasteiger partial charge >= 0.3 is 305 Å². The zero-order chi connectivity index (χ0) is 33.3. The van der Waals surface area contributed by atoms with Gasteiger partial charge in [-0.05, 0) is 0 Å². The maximum absolute atomic E-state index is 6.90. The minimum atomic E-state index is -3.03. The minimum Gasteiger partial charge on any atom is -1.00 e. The van der Waals surface area contributed by atoms with Crippen LogP contribution in [0.1, 0.15) is 96.1 Å². The van der Waals surface area contributed by atoms with Gasteiger partial charge in [0.1, 0.15) is 0 Å². The summed E-state index contributed by atoms with van der Waals surface area (Å²) in [5.74, 6) is 0. The van der Waals surface area contributed by atoms with E-state index < -0.39 is 21.3 Å². The Kier molecular flexibility index (Phi) is 12.3. The van der Waals surface area contributed by atoms with Crippen molar-refractivity contribution in [3.05, 3.63) is 147 Å². The summed E-state index contributed by atoms with van der Waals surface area (Å²) in [4.78, 5) is 0. The molecule has 0 nitrogen and oxygen atoms in total. The second-order valence-corrected chi connectivity index (χ2v) is 22.7. The molecule has 0 aliphatic heterocycles. The molecule has 0 radical (unpaired) electrons. The van der Waals surface area contributed by atoms with E-state index >= 15 is 0 Å². The third-order valence-corrected chi connectivity index (χ3v) is 19.0. The van der Waals surface area contributed by atoms with Crippen LogP contribution >= 0.6 is 46.4 Å². The molecule has 4 aromatic carbocycles. The van der Waals surface area contributed by atoms with Gasteiger partial charge in [0.05, 0.1) is 0 Å². The molecule has 0 atom stereocenters. The quantitative estimate of drug-likeness (QED) is 0.202. The normalized spacial score (nSPS) is 13.6. The van der Waals surface area contributed by atoms with Gasteiger partial charge < -0.3 is 24.8 Å². The van der Waals surface area contributed by atoms with Crippen LogP contribution in [0.25, 0.3) is 11.1 Å². The van der Waals surface area contributed by atoms with Gasteiger partial charge in [-0.3, -0.25) is 0 Å². The van der Waals surface area contributed by atoms with Gasteiger partial charge in [0, 0.05) is 0 Å². The van der Waals surface area contributed by atoms with Crippen molar-refractivity contribution in [2.45, 2.75) is 76.3 Å². The Labute approximate surface area is 326 Å². The van der Waals surface area contributed by atoms with E-state index in [1.807, 2.05) is 12.1 Å². The number of benzene rings is 4. The fourth-order valence-electron chi connectivity index (χ4n) is 6.88. The second-order valence-electron chi connectivity index (χ2n) is 14.8. The first-order chi connectivity index (χ1) is 21.6. The summed E-state index contributed by atoms with van der Waals surface area (Å²) in [6, 6.07) is 22.4. The van der Waals surface area contributed by atoms with E-state index in [0.717, 1.165) is 28.7 Å². The molecule has 0 aromatic heterocycles. The number of hydrogen-bond acceptors (Lipinski definition) is 0. The number of hydrogen-bond donors (Lipinski definition) is 0. The molecule has 0 heterocycles. The van der Waals surface area contributed by atoms with Crippen LogP contribution in [0.2, 0.25) is 20.1 Å². The first-order valence-electron chi connectivity index (χ1n) is 15.9. The Hall–Kier alpha value is -1.15. The van der Waals surface area contributed by atoms with Crippen LogP contribution in [0.5, 0.6) is 0 Å². The van der Waals surface area contributed by atoms with Crippen molar-refractivity contribution < 1.29 is 46.1 Å². The number of fused-ring (bicyclic) bond motifs is 3. The van der Waals surface area contributed by atoms with E-state index in [9.17, 15) is 0 Å². The van der Waals surface area contributed by atoms with Crippen molar-refractivity contribution in [2.24, 2.45) is 0 Å². The van der Waals surface area contributed by atoms with Crippen LogP contribution in [0.3, 0.4) is 0 Å². The Morgan fingerprint density at radius 2 is 1.08 bits per heavy atom. The molecular formula is C41H40Cl6Zr. The van der Waals surface area contributed by atoms with Crippen LogP contribution in [-0.4, -0.2) is 3.21 Å². The summed E-state index contributed by atoms with van der Waals surface area (Å²) < 4.78 is 3.11. The fraction of sp³-hybridized carbons (Fsp3) is 0.293. The Morgan fingerprint density at radius 1 is 0.646 bits per heavy atom.